The molecule has 3 nitrogen and oxygen atoms in total. The largest absolute Gasteiger partial charge is 0.392 e. The summed E-state index contributed by atoms with van der Waals surface area (Å²) in [6, 6.07) is 9.55. The number of carbonyl (C=O) groups is 1. The van der Waals surface area contributed by atoms with Crippen molar-refractivity contribution in [1.82, 2.24) is 4.57 Å². The summed E-state index contributed by atoms with van der Waals surface area (Å²) in [5.41, 5.74) is 2.74. The minimum Gasteiger partial charge on any atom is -0.392 e. The van der Waals surface area contributed by atoms with Crippen molar-refractivity contribution in [3.63, 3.8) is 0 Å². The van der Waals surface area contributed by atoms with Crippen molar-refractivity contribution in [1.29, 1.82) is 0 Å². The van der Waals surface area contributed by atoms with E-state index in [-0.39, 0.29) is 6.61 Å². The van der Waals surface area contributed by atoms with Crippen molar-refractivity contribution in [2.24, 2.45) is 0 Å². The Bertz CT molecular complexity index is 471. The molecule has 82 valence electrons. The van der Waals surface area contributed by atoms with Crippen LogP contribution in [0.3, 0.4) is 0 Å². The maximum Gasteiger partial charge on any atom is 0.151 e. The Kier molecular flexibility index (Phi) is 3.17. The summed E-state index contributed by atoms with van der Waals surface area (Å²) in [6.45, 7) is 0.804. The lowest BCUT2D eigenvalue weighted by Crippen LogP contribution is -1.96. The molecule has 0 aliphatic rings. The van der Waals surface area contributed by atoms with Gasteiger partial charge in [-0.25, -0.2) is 0 Å². The number of nitrogens with zero attached hydrogens (tertiary/aromatic N) is 1. The van der Waals surface area contributed by atoms with Gasteiger partial charge in [0.25, 0.3) is 0 Å². The van der Waals surface area contributed by atoms with Crippen molar-refractivity contribution in [3.05, 3.63) is 59.4 Å². The number of rotatable bonds is 4. The molecule has 0 radical (unpaired) electrons. The summed E-state index contributed by atoms with van der Waals surface area (Å²) in [5.74, 6) is 0. The Morgan fingerprint density at radius 3 is 2.38 bits per heavy atom. The average molecular weight is 215 g/mol. The lowest BCUT2D eigenvalue weighted by molar-refractivity contribution is 0.112. The number of aliphatic hydroxyl groups excluding tert-OH is 1. The van der Waals surface area contributed by atoms with E-state index in [1.54, 1.807) is 6.07 Å². The van der Waals surface area contributed by atoms with Crippen LogP contribution in [-0.4, -0.2) is 16.0 Å². The SMILES string of the molecule is O=Cc1ccn(Cc2ccc(CO)cc2)c1. The van der Waals surface area contributed by atoms with Crippen molar-refractivity contribution < 1.29 is 9.90 Å². The molecule has 16 heavy (non-hydrogen) atoms. The van der Waals surface area contributed by atoms with Crippen molar-refractivity contribution in [2.75, 3.05) is 0 Å². The van der Waals surface area contributed by atoms with Crippen LogP contribution in [0.25, 0.3) is 0 Å². The molecule has 0 atom stereocenters. The van der Waals surface area contributed by atoms with Crippen LogP contribution in [0.1, 0.15) is 21.5 Å². The minimum absolute atomic E-state index is 0.0685. The molecule has 0 spiro atoms. The highest BCUT2D eigenvalue weighted by Crippen LogP contribution is 2.07. The number of aromatic nitrogens is 1. The molecule has 0 amide bonds. The topological polar surface area (TPSA) is 42.2 Å². The monoisotopic (exact) mass is 215 g/mol. The minimum atomic E-state index is 0.0685. The first kappa shape index (κ1) is 10.6. The zero-order valence-corrected chi connectivity index (χ0v) is 8.84. The lowest BCUT2D eigenvalue weighted by Gasteiger charge is -2.03. The van der Waals surface area contributed by atoms with E-state index >= 15 is 0 Å². The maximum absolute atomic E-state index is 10.5. The number of aliphatic hydroxyl groups is 1. The first-order valence-corrected chi connectivity index (χ1v) is 5.11. The first-order valence-electron chi connectivity index (χ1n) is 5.11. The zero-order chi connectivity index (χ0) is 11.4. The van der Waals surface area contributed by atoms with Crippen LogP contribution in [0.5, 0.6) is 0 Å². The van der Waals surface area contributed by atoms with Crippen LogP contribution in [0.4, 0.5) is 0 Å². The molecule has 0 aliphatic carbocycles. The fraction of sp³-hybridized carbons (Fsp3) is 0.154. The van der Waals surface area contributed by atoms with Crippen LogP contribution >= 0.6 is 0 Å². The third kappa shape index (κ3) is 2.38. The summed E-state index contributed by atoms with van der Waals surface area (Å²) in [4.78, 5) is 10.5. The molecule has 0 saturated carbocycles. The van der Waals surface area contributed by atoms with Gasteiger partial charge in [0.2, 0.25) is 0 Å². The Balaban J connectivity index is 2.10. The number of aldehydes is 1. The van der Waals surface area contributed by atoms with Gasteiger partial charge in [-0.15, -0.1) is 0 Å². The van der Waals surface area contributed by atoms with E-state index in [1.165, 1.54) is 0 Å². The van der Waals surface area contributed by atoms with Gasteiger partial charge in [0.15, 0.2) is 6.29 Å². The van der Waals surface area contributed by atoms with Crippen LogP contribution in [-0.2, 0) is 13.2 Å². The number of benzene rings is 1. The van der Waals surface area contributed by atoms with Crippen LogP contribution in [0.2, 0.25) is 0 Å². The molecule has 3 heteroatoms. The predicted octanol–water partition coefficient (Wildman–Crippen LogP) is 1.84. The Morgan fingerprint density at radius 1 is 1.12 bits per heavy atom. The van der Waals surface area contributed by atoms with E-state index in [0.29, 0.717) is 5.56 Å². The van der Waals surface area contributed by atoms with Crippen molar-refractivity contribution >= 4 is 6.29 Å². The zero-order valence-electron chi connectivity index (χ0n) is 8.84. The Labute approximate surface area is 94.0 Å². The second-order valence-corrected chi connectivity index (χ2v) is 3.71. The average Bonchev–Trinajstić information content (AvgIpc) is 2.78. The third-order valence-corrected chi connectivity index (χ3v) is 2.48. The van der Waals surface area contributed by atoms with Gasteiger partial charge in [0.05, 0.1) is 6.61 Å². The molecule has 1 heterocycles. The number of hydrogen-bond donors (Lipinski definition) is 1. The van der Waals surface area contributed by atoms with E-state index < -0.39 is 0 Å². The molecule has 2 rings (SSSR count). The molecular formula is C13H13NO2. The quantitative estimate of drug-likeness (QED) is 0.791. The van der Waals surface area contributed by atoms with Gasteiger partial charge in [-0.3, -0.25) is 4.79 Å². The predicted molar refractivity (Wildman–Crippen MR) is 61.3 cm³/mol. The number of carbonyl (C=O) groups excluding carboxylic acids is 1. The van der Waals surface area contributed by atoms with Crippen molar-refractivity contribution in [3.8, 4) is 0 Å². The summed E-state index contributed by atoms with van der Waals surface area (Å²) in [6.07, 6.45) is 4.53. The van der Waals surface area contributed by atoms with Gasteiger partial charge in [0.1, 0.15) is 0 Å². The standard InChI is InChI=1S/C13H13NO2/c15-9-12-3-1-11(2-4-12)7-14-6-5-13(8-14)10-16/h1-6,8,10,15H,7,9H2. The summed E-state index contributed by atoms with van der Waals surface area (Å²) in [7, 11) is 0. The Morgan fingerprint density at radius 2 is 1.81 bits per heavy atom. The molecular weight excluding hydrogens is 202 g/mol. The maximum atomic E-state index is 10.5. The Hall–Kier alpha value is -1.87. The first-order chi connectivity index (χ1) is 7.81. The summed E-state index contributed by atoms with van der Waals surface area (Å²) in [5, 5.41) is 8.91. The van der Waals surface area contributed by atoms with Gasteiger partial charge in [-0.2, -0.15) is 0 Å². The highest BCUT2D eigenvalue weighted by molar-refractivity contribution is 5.74. The lowest BCUT2D eigenvalue weighted by atomic mass is 10.1. The van der Waals surface area contributed by atoms with Gasteiger partial charge in [-0.1, -0.05) is 24.3 Å². The smallest absolute Gasteiger partial charge is 0.151 e. The van der Waals surface area contributed by atoms with Crippen LogP contribution in [0.15, 0.2) is 42.7 Å². The van der Waals surface area contributed by atoms with E-state index in [4.69, 9.17) is 5.11 Å². The molecule has 0 saturated heterocycles. The fourth-order valence-corrected chi connectivity index (χ4v) is 1.59. The van der Waals surface area contributed by atoms with Crippen LogP contribution < -0.4 is 0 Å². The van der Waals surface area contributed by atoms with Crippen molar-refractivity contribution in [2.45, 2.75) is 13.2 Å². The summed E-state index contributed by atoms with van der Waals surface area (Å²) < 4.78 is 1.96. The normalized spacial score (nSPS) is 10.3. The van der Waals surface area contributed by atoms with Crippen LogP contribution in [0, 0.1) is 0 Å². The molecule has 1 N–H and O–H groups in total. The van der Waals surface area contributed by atoms with Gasteiger partial charge in [0, 0.05) is 24.5 Å². The molecule has 1 aromatic carbocycles. The molecule has 2 aromatic rings. The molecule has 0 fully saturated rings. The third-order valence-electron chi connectivity index (χ3n) is 2.48. The highest BCUT2D eigenvalue weighted by atomic mass is 16.3. The summed E-state index contributed by atoms with van der Waals surface area (Å²) >= 11 is 0. The van der Waals surface area contributed by atoms with E-state index in [1.807, 2.05) is 41.2 Å². The highest BCUT2D eigenvalue weighted by Gasteiger charge is 1.97. The fourth-order valence-electron chi connectivity index (χ4n) is 1.59. The molecule has 0 bridgehead atoms. The van der Waals surface area contributed by atoms with E-state index in [2.05, 4.69) is 0 Å². The van der Waals surface area contributed by atoms with E-state index in [0.717, 1.165) is 24.0 Å². The second-order valence-electron chi connectivity index (χ2n) is 3.71. The van der Waals surface area contributed by atoms with Gasteiger partial charge < -0.3 is 9.67 Å². The molecule has 1 aromatic heterocycles. The van der Waals surface area contributed by atoms with Gasteiger partial charge in [-0.05, 0) is 17.2 Å². The number of hydrogen-bond acceptors (Lipinski definition) is 2. The molecule has 0 unspecified atom stereocenters. The van der Waals surface area contributed by atoms with Gasteiger partial charge >= 0.3 is 0 Å². The molecule has 0 aliphatic heterocycles. The second kappa shape index (κ2) is 4.77. The van der Waals surface area contributed by atoms with E-state index in [9.17, 15) is 4.79 Å².